The Labute approximate surface area is 175 Å². The van der Waals surface area contributed by atoms with Gasteiger partial charge in [0.25, 0.3) is 0 Å². The molecule has 0 amide bonds. The molecule has 2 atom stereocenters. The second-order valence-corrected chi connectivity index (χ2v) is 9.20. The Bertz CT molecular complexity index is 574. The lowest BCUT2D eigenvalue weighted by molar-refractivity contribution is 0.202. The number of benzene rings is 1. The van der Waals surface area contributed by atoms with Crippen molar-refractivity contribution in [1.82, 2.24) is 0 Å². The van der Waals surface area contributed by atoms with E-state index in [0.717, 1.165) is 11.8 Å². The first-order chi connectivity index (χ1) is 13.7. The molecule has 28 heavy (non-hydrogen) atoms. The Kier molecular flexibility index (Phi) is 10.1. The molecule has 1 aliphatic rings. The van der Waals surface area contributed by atoms with E-state index in [1.54, 1.807) is 5.57 Å². The molecule has 0 saturated carbocycles. The molecule has 1 aromatic carbocycles. The van der Waals surface area contributed by atoms with E-state index in [-0.39, 0.29) is 0 Å². The highest BCUT2D eigenvalue weighted by atomic mass is 14.4. The van der Waals surface area contributed by atoms with Crippen LogP contribution in [0.25, 0.3) is 5.57 Å². The van der Waals surface area contributed by atoms with E-state index in [9.17, 15) is 0 Å². The molecule has 0 radical (unpaired) electrons. The van der Waals surface area contributed by atoms with Crippen LogP contribution >= 0.6 is 0 Å². The third-order valence-electron chi connectivity index (χ3n) is 6.91. The SMILES string of the molecule is CCCCC(CC)CC1(CC(CC)CCCC)C=CC=C(c2ccccc2)C1. The highest BCUT2D eigenvalue weighted by molar-refractivity contribution is 5.69. The summed E-state index contributed by atoms with van der Waals surface area (Å²) >= 11 is 0. The first-order valence-corrected chi connectivity index (χ1v) is 12.1. The Morgan fingerprint density at radius 1 is 0.821 bits per heavy atom. The highest BCUT2D eigenvalue weighted by Crippen LogP contribution is 2.47. The lowest BCUT2D eigenvalue weighted by Gasteiger charge is -2.39. The monoisotopic (exact) mass is 380 g/mol. The third kappa shape index (κ3) is 6.94. The van der Waals surface area contributed by atoms with Gasteiger partial charge in [-0.25, -0.2) is 0 Å². The molecule has 0 heterocycles. The zero-order valence-corrected chi connectivity index (χ0v) is 19.1. The van der Waals surface area contributed by atoms with Crippen LogP contribution in [0.15, 0.2) is 48.6 Å². The number of hydrogen-bond acceptors (Lipinski definition) is 0. The molecule has 2 rings (SSSR count). The minimum Gasteiger partial charge on any atom is -0.0779 e. The van der Waals surface area contributed by atoms with Crippen molar-refractivity contribution in [2.24, 2.45) is 17.3 Å². The van der Waals surface area contributed by atoms with Crippen molar-refractivity contribution in [2.75, 3.05) is 0 Å². The summed E-state index contributed by atoms with van der Waals surface area (Å²) in [6, 6.07) is 11.1. The number of rotatable bonds is 13. The fourth-order valence-electron chi connectivity index (χ4n) is 5.12. The van der Waals surface area contributed by atoms with Crippen LogP contribution in [0.5, 0.6) is 0 Å². The van der Waals surface area contributed by atoms with Crippen molar-refractivity contribution in [1.29, 1.82) is 0 Å². The second kappa shape index (κ2) is 12.3. The summed E-state index contributed by atoms with van der Waals surface area (Å²) in [6.07, 6.45) is 22.2. The number of allylic oxidation sites excluding steroid dienone is 4. The fraction of sp³-hybridized carbons (Fsp3) is 0.643. The molecule has 0 aromatic heterocycles. The van der Waals surface area contributed by atoms with Gasteiger partial charge in [0.2, 0.25) is 0 Å². The predicted octanol–water partition coefficient (Wildman–Crippen LogP) is 9.23. The van der Waals surface area contributed by atoms with Gasteiger partial charge in [0.15, 0.2) is 0 Å². The minimum absolute atomic E-state index is 0.350. The molecule has 2 unspecified atom stereocenters. The fourth-order valence-corrected chi connectivity index (χ4v) is 5.12. The van der Waals surface area contributed by atoms with Crippen molar-refractivity contribution >= 4 is 5.57 Å². The summed E-state index contributed by atoms with van der Waals surface area (Å²) in [4.78, 5) is 0. The molecular weight excluding hydrogens is 336 g/mol. The highest BCUT2D eigenvalue weighted by Gasteiger charge is 2.34. The van der Waals surface area contributed by atoms with Crippen LogP contribution in [0.2, 0.25) is 0 Å². The maximum Gasteiger partial charge on any atom is -0.00693 e. The van der Waals surface area contributed by atoms with Crippen molar-refractivity contribution < 1.29 is 0 Å². The van der Waals surface area contributed by atoms with E-state index >= 15 is 0 Å². The summed E-state index contributed by atoms with van der Waals surface area (Å²) in [5, 5.41) is 0. The molecule has 0 N–H and O–H groups in total. The van der Waals surface area contributed by atoms with Gasteiger partial charge in [-0.1, -0.05) is 128 Å². The predicted molar refractivity (Wildman–Crippen MR) is 126 cm³/mol. The summed E-state index contributed by atoms with van der Waals surface area (Å²) in [6.45, 7) is 9.47. The van der Waals surface area contributed by atoms with Crippen LogP contribution in [0.3, 0.4) is 0 Å². The maximum absolute atomic E-state index is 2.60. The summed E-state index contributed by atoms with van der Waals surface area (Å²) in [5.41, 5.74) is 3.31. The Balaban J connectivity index is 2.23. The van der Waals surface area contributed by atoms with Crippen molar-refractivity contribution in [3.8, 4) is 0 Å². The first kappa shape index (κ1) is 23.0. The molecule has 0 bridgehead atoms. The van der Waals surface area contributed by atoms with Crippen LogP contribution in [0, 0.1) is 17.3 Å². The number of unbranched alkanes of at least 4 members (excludes halogenated alkanes) is 2. The first-order valence-electron chi connectivity index (χ1n) is 12.1. The molecule has 0 heteroatoms. The Hall–Kier alpha value is -1.30. The van der Waals surface area contributed by atoms with Crippen molar-refractivity contribution in [3.63, 3.8) is 0 Å². The minimum atomic E-state index is 0.350. The smallest absolute Gasteiger partial charge is 0.00693 e. The van der Waals surface area contributed by atoms with E-state index in [1.165, 1.54) is 76.2 Å². The molecule has 0 saturated heterocycles. The van der Waals surface area contributed by atoms with Gasteiger partial charge in [0.05, 0.1) is 0 Å². The third-order valence-corrected chi connectivity index (χ3v) is 6.91. The molecule has 156 valence electrons. The van der Waals surface area contributed by atoms with E-state index in [1.807, 2.05) is 0 Å². The lowest BCUT2D eigenvalue weighted by atomic mass is 9.65. The van der Waals surface area contributed by atoms with Crippen molar-refractivity contribution in [3.05, 3.63) is 54.1 Å². The summed E-state index contributed by atoms with van der Waals surface area (Å²) < 4.78 is 0. The van der Waals surface area contributed by atoms with Gasteiger partial charge < -0.3 is 0 Å². The van der Waals surface area contributed by atoms with Gasteiger partial charge in [0, 0.05) is 0 Å². The van der Waals surface area contributed by atoms with E-state index in [2.05, 4.69) is 76.3 Å². The quantitative estimate of drug-likeness (QED) is 0.320. The molecule has 0 fully saturated rings. The molecule has 0 spiro atoms. The topological polar surface area (TPSA) is 0 Å². The zero-order valence-electron chi connectivity index (χ0n) is 19.1. The van der Waals surface area contributed by atoms with Crippen LogP contribution in [-0.2, 0) is 0 Å². The maximum atomic E-state index is 2.60. The largest absolute Gasteiger partial charge is 0.0779 e. The van der Waals surface area contributed by atoms with Crippen LogP contribution in [-0.4, -0.2) is 0 Å². The van der Waals surface area contributed by atoms with Gasteiger partial charge in [-0.15, -0.1) is 0 Å². The lowest BCUT2D eigenvalue weighted by Crippen LogP contribution is -2.27. The average Bonchev–Trinajstić information content (AvgIpc) is 2.75. The molecule has 1 aromatic rings. The van der Waals surface area contributed by atoms with E-state index in [4.69, 9.17) is 0 Å². The molecule has 0 nitrogen and oxygen atoms in total. The van der Waals surface area contributed by atoms with Crippen molar-refractivity contribution in [2.45, 2.75) is 98.3 Å². The second-order valence-electron chi connectivity index (χ2n) is 9.20. The van der Waals surface area contributed by atoms with E-state index in [0.29, 0.717) is 5.41 Å². The van der Waals surface area contributed by atoms with Crippen LogP contribution < -0.4 is 0 Å². The Morgan fingerprint density at radius 2 is 1.39 bits per heavy atom. The molecule has 0 aliphatic heterocycles. The molecule has 1 aliphatic carbocycles. The number of hydrogen-bond donors (Lipinski definition) is 0. The zero-order chi connectivity index (χ0) is 20.2. The molecular formula is C28H44. The Morgan fingerprint density at radius 3 is 1.89 bits per heavy atom. The normalized spacial score (nSPS) is 21.4. The van der Waals surface area contributed by atoms with Gasteiger partial charge >= 0.3 is 0 Å². The summed E-state index contributed by atoms with van der Waals surface area (Å²) in [5.74, 6) is 1.73. The average molecular weight is 381 g/mol. The van der Waals surface area contributed by atoms with Gasteiger partial charge in [0.1, 0.15) is 0 Å². The van der Waals surface area contributed by atoms with Crippen LogP contribution in [0.4, 0.5) is 0 Å². The standard InChI is InChI=1S/C28H44/c1-5-9-15-24(7-3)21-28(22-25(8-4)16-10-6-2)20-14-19-27(23-28)26-17-12-11-13-18-26/h11-14,17-20,24-25H,5-10,15-16,21-23H2,1-4H3. The van der Waals surface area contributed by atoms with Gasteiger partial charge in [-0.05, 0) is 47.6 Å². The summed E-state index contributed by atoms with van der Waals surface area (Å²) in [7, 11) is 0. The van der Waals surface area contributed by atoms with Crippen LogP contribution in [0.1, 0.15) is 104 Å². The van der Waals surface area contributed by atoms with Gasteiger partial charge in [-0.2, -0.15) is 0 Å². The van der Waals surface area contributed by atoms with E-state index < -0.39 is 0 Å². The van der Waals surface area contributed by atoms with Gasteiger partial charge in [-0.3, -0.25) is 0 Å².